The van der Waals surface area contributed by atoms with Crippen LogP contribution in [-0.4, -0.2) is 6.54 Å². The number of halogens is 4. The summed E-state index contributed by atoms with van der Waals surface area (Å²) < 4.78 is 53.6. The predicted octanol–water partition coefficient (Wildman–Crippen LogP) is 4.02. The lowest BCUT2D eigenvalue weighted by molar-refractivity contribution is 0.448. The molecule has 0 bridgehead atoms. The molecule has 0 spiro atoms. The molecule has 0 aromatic heterocycles. The van der Waals surface area contributed by atoms with Crippen molar-refractivity contribution in [2.45, 2.75) is 13.5 Å². The van der Waals surface area contributed by atoms with Crippen molar-refractivity contribution in [2.75, 3.05) is 6.54 Å². The lowest BCUT2D eigenvalue weighted by atomic mass is 10.0. The zero-order valence-corrected chi connectivity index (χ0v) is 10.8. The van der Waals surface area contributed by atoms with Crippen LogP contribution in [0.25, 0.3) is 11.1 Å². The lowest BCUT2D eigenvalue weighted by Gasteiger charge is -2.09. The van der Waals surface area contributed by atoms with Crippen molar-refractivity contribution in [3.63, 3.8) is 0 Å². The molecule has 0 aliphatic carbocycles. The zero-order chi connectivity index (χ0) is 14.7. The van der Waals surface area contributed by atoms with Crippen LogP contribution in [0.1, 0.15) is 12.5 Å². The maximum atomic E-state index is 13.8. The highest BCUT2D eigenvalue weighted by molar-refractivity contribution is 5.65. The molecule has 2 aromatic carbocycles. The third-order valence-electron chi connectivity index (χ3n) is 2.94. The van der Waals surface area contributed by atoms with Crippen molar-refractivity contribution in [2.24, 2.45) is 0 Å². The summed E-state index contributed by atoms with van der Waals surface area (Å²) in [6, 6.07) is 5.98. The Kier molecular flexibility index (Phi) is 4.39. The molecule has 20 heavy (non-hydrogen) atoms. The summed E-state index contributed by atoms with van der Waals surface area (Å²) in [6.07, 6.45) is 0. The second kappa shape index (κ2) is 6.05. The van der Waals surface area contributed by atoms with Gasteiger partial charge in [0.05, 0.1) is 0 Å². The van der Waals surface area contributed by atoms with Gasteiger partial charge < -0.3 is 5.32 Å². The average Bonchev–Trinajstić information content (AvgIpc) is 2.45. The monoisotopic (exact) mass is 283 g/mol. The number of nitrogens with one attached hydrogen (secondary N) is 1. The van der Waals surface area contributed by atoms with E-state index < -0.39 is 23.3 Å². The summed E-state index contributed by atoms with van der Waals surface area (Å²) in [4.78, 5) is 0. The van der Waals surface area contributed by atoms with Crippen LogP contribution in [0.4, 0.5) is 17.6 Å². The molecule has 0 atom stereocenters. The largest absolute Gasteiger partial charge is 0.313 e. The molecular weight excluding hydrogens is 270 g/mol. The van der Waals surface area contributed by atoms with Crippen molar-refractivity contribution in [3.8, 4) is 11.1 Å². The second-order valence-corrected chi connectivity index (χ2v) is 4.32. The fourth-order valence-corrected chi connectivity index (χ4v) is 1.89. The normalized spacial score (nSPS) is 10.8. The molecule has 2 rings (SSSR count). The first-order valence-electron chi connectivity index (χ1n) is 6.17. The molecular formula is C15H13F4N. The van der Waals surface area contributed by atoms with Gasteiger partial charge in [0, 0.05) is 17.7 Å². The van der Waals surface area contributed by atoms with Crippen molar-refractivity contribution < 1.29 is 17.6 Å². The van der Waals surface area contributed by atoms with Crippen molar-refractivity contribution >= 4 is 0 Å². The molecule has 1 nitrogen and oxygen atoms in total. The summed E-state index contributed by atoms with van der Waals surface area (Å²) in [5.74, 6) is -4.96. The molecule has 0 radical (unpaired) electrons. The maximum Gasteiger partial charge on any atom is 0.195 e. The van der Waals surface area contributed by atoms with Gasteiger partial charge in [0.1, 0.15) is 5.82 Å². The minimum absolute atomic E-state index is 0.0863. The molecule has 0 fully saturated rings. The Balaban J connectivity index is 2.49. The molecule has 0 saturated heterocycles. The van der Waals surface area contributed by atoms with E-state index in [1.807, 2.05) is 6.92 Å². The Morgan fingerprint density at radius 1 is 0.850 bits per heavy atom. The van der Waals surface area contributed by atoms with Crippen LogP contribution in [0.2, 0.25) is 0 Å². The Labute approximate surface area is 114 Å². The van der Waals surface area contributed by atoms with E-state index >= 15 is 0 Å². The summed E-state index contributed by atoms with van der Waals surface area (Å²) in [7, 11) is 0. The smallest absolute Gasteiger partial charge is 0.195 e. The van der Waals surface area contributed by atoms with Crippen LogP contribution in [0.5, 0.6) is 0 Å². The first-order valence-corrected chi connectivity index (χ1v) is 6.17. The minimum atomic E-state index is -1.60. The maximum absolute atomic E-state index is 13.8. The average molecular weight is 283 g/mol. The van der Waals surface area contributed by atoms with Crippen LogP contribution >= 0.6 is 0 Å². The van der Waals surface area contributed by atoms with E-state index in [0.717, 1.165) is 24.2 Å². The molecule has 0 heterocycles. The third kappa shape index (κ3) is 2.82. The SMILES string of the molecule is CCNCc1ccc(F)c(-c2ccc(F)c(F)c2F)c1. The van der Waals surface area contributed by atoms with Crippen LogP contribution in [0.3, 0.4) is 0 Å². The highest BCUT2D eigenvalue weighted by Gasteiger charge is 2.17. The van der Waals surface area contributed by atoms with Gasteiger partial charge in [-0.15, -0.1) is 0 Å². The van der Waals surface area contributed by atoms with E-state index in [1.54, 1.807) is 6.07 Å². The van der Waals surface area contributed by atoms with E-state index in [9.17, 15) is 17.6 Å². The lowest BCUT2D eigenvalue weighted by Crippen LogP contribution is -2.11. The molecule has 106 valence electrons. The van der Waals surface area contributed by atoms with E-state index in [2.05, 4.69) is 5.32 Å². The molecule has 0 amide bonds. The summed E-state index contributed by atoms with van der Waals surface area (Å²) >= 11 is 0. The van der Waals surface area contributed by atoms with Gasteiger partial charge in [0.2, 0.25) is 0 Å². The molecule has 5 heteroatoms. The number of benzene rings is 2. The van der Waals surface area contributed by atoms with Crippen molar-refractivity contribution in [3.05, 3.63) is 59.2 Å². The van der Waals surface area contributed by atoms with Gasteiger partial charge in [-0.2, -0.15) is 0 Å². The summed E-state index contributed by atoms with van der Waals surface area (Å²) in [5, 5.41) is 3.05. The van der Waals surface area contributed by atoms with E-state index in [1.165, 1.54) is 12.1 Å². The standard InChI is InChI=1S/C15H13F4N/c1-2-20-8-9-3-5-12(16)11(7-9)10-4-6-13(17)15(19)14(10)18/h3-7,20H,2,8H2,1H3. The predicted molar refractivity (Wildman–Crippen MR) is 69.1 cm³/mol. The number of rotatable bonds is 4. The third-order valence-corrected chi connectivity index (χ3v) is 2.94. The Morgan fingerprint density at radius 2 is 1.55 bits per heavy atom. The van der Waals surface area contributed by atoms with Crippen LogP contribution in [0.15, 0.2) is 30.3 Å². The van der Waals surface area contributed by atoms with Crippen LogP contribution in [-0.2, 0) is 6.54 Å². The van der Waals surface area contributed by atoms with Gasteiger partial charge in [-0.05, 0) is 36.4 Å². The highest BCUT2D eigenvalue weighted by atomic mass is 19.2. The van der Waals surface area contributed by atoms with Gasteiger partial charge in [0.15, 0.2) is 17.5 Å². The Morgan fingerprint density at radius 3 is 2.25 bits per heavy atom. The van der Waals surface area contributed by atoms with Crippen LogP contribution < -0.4 is 5.32 Å². The molecule has 0 unspecified atom stereocenters. The molecule has 1 N–H and O–H groups in total. The molecule has 2 aromatic rings. The van der Waals surface area contributed by atoms with Gasteiger partial charge in [-0.3, -0.25) is 0 Å². The van der Waals surface area contributed by atoms with E-state index in [4.69, 9.17) is 0 Å². The number of hydrogen-bond acceptors (Lipinski definition) is 1. The zero-order valence-electron chi connectivity index (χ0n) is 10.8. The van der Waals surface area contributed by atoms with Crippen LogP contribution in [0, 0.1) is 23.3 Å². The highest BCUT2D eigenvalue weighted by Crippen LogP contribution is 2.29. The molecule has 0 saturated carbocycles. The summed E-state index contributed by atoms with van der Waals surface area (Å²) in [6.45, 7) is 3.13. The van der Waals surface area contributed by atoms with E-state index in [-0.39, 0.29) is 11.1 Å². The van der Waals surface area contributed by atoms with Gasteiger partial charge in [-0.25, -0.2) is 17.6 Å². The fourth-order valence-electron chi connectivity index (χ4n) is 1.89. The topological polar surface area (TPSA) is 12.0 Å². The van der Waals surface area contributed by atoms with Gasteiger partial charge in [-0.1, -0.05) is 13.0 Å². The number of hydrogen-bond donors (Lipinski definition) is 1. The second-order valence-electron chi connectivity index (χ2n) is 4.32. The molecule has 0 aliphatic heterocycles. The quantitative estimate of drug-likeness (QED) is 0.660. The Hall–Kier alpha value is -1.88. The first kappa shape index (κ1) is 14.5. The fraction of sp³-hybridized carbons (Fsp3) is 0.200. The van der Waals surface area contributed by atoms with Gasteiger partial charge >= 0.3 is 0 Å². The van der Waals surface area contributed by atoms with Crippen molar-refractivity contribution in [1.82, 2.24) is 5.32 Å². The molecule has 0 aliphatic rings. The minimum Gasteiger partial charge on any atom is -0.313 e. The summed E-state index contributed by atoms with van der Waals surface area (Å²) in [5.41, 5.74) is 0.351. The van der Waals surface area contributed by atoms with Crippen molar-refractivity contribution in [1.29, 1.82) is 0 Å². The van der Waals surface area contributed by atoms with Gasteiger partial charge in [0.25, 0.3) is 0 Å². The van der Waals surface area contributed by atoms with E-state index in [0.29, 0.717) is 6.54 Å². The first-order chi connectivity index (χ1) is 9.54. The Bertz CT molecular complexity index is 626.